The third kappa shape index (κ3) is 7.75. The first-order chi connectivity index (χ1) is 7.60. The molecule has 0 atom stereocenters. The highest BCUT2D eigenvalue weighted by atomic mass is 16.1. The van der Waals surface area contributed by atoms with Crippen LogP contribution in [0.15, 0.2) is 24.3 Å². The Bertz CT molecular complexity index is 347. The minimum absolute atomic E-state index is 0.523. The van der Waals surface area contributed by atoms with Gasteiger partial charge in [-0.1, -0.05) is 32.9 Å². The van der Waals surface area contributed by atoms with E-state index < -0.39 is 0 Å². The van der Waals surface area contributed by atoms with Gasteiger partial charge in [0.15, 0.2) is 0 Å². The number of nitriles is 1. The molecule has 0 fully saturated rings. The van der Waals surface area contributed by atoms with E-state index in [2.05, 4.69) is 26.8 Å². The van der Waals surface area contributed by atoms with Crippen molar-refractivity contribution < 1.29 is 4.79 Å². The van der Waals surface area contributed by atoms with Gasteiger partial charge in [0.05, 0.1) is 11.6 Å². The molecule has 1 aromatic carbocycles. The number of aldehydes is 1. The summed E-state index contributed by atoms with van der Waals surface area (Å²) in [6.07, 6.45) is 2.13. The standard InChI is InChI=1S/C10H9NO.C4H10/c11-8-10-4-1-3-9(7-10)5-2-6-12;1-4(2)3/h1,3-4,6-7H,2,5H2;4H,1-3H3. The second-order valence-electron chi connectivity index (χ2n) is 4.25. The minimum Gasteiger partial charge on any atom is -0.303 e. The van der Waals surface area contributed by atoms with Crippen molar-refractivity contribution in [3.8, 4) is 6.07 Å². The van der Waals surface area contributed by atoms with Gasteiger partial charge in [0.25, 0.3) is 0 Å². The van der Waals surface area contributed by atoms with E-state index >= 15 is 0 Å². The third-order valence-corrected chi connectivity index (χ3v) is 1.61. The smallest absolute Gasteiger partial charge is 0.120 e. The molecule has 1 rings (SSSR count). The fourth-order valence-electron chi connectivity index (χ4n) is 1.02. The van der Waals surface area contributed by atoms with Crippen LogP contribution in [0.25, 0.3) is 0 Å². The van der Waals surface area contributed by atoms with E-state index in [1.54, 1.807) is 6.07 Å². The zero-order valence-electron chi connectivity index (χ0n) is 10.2. The number of rotatable bonds is 3. The highest BCUT2D eigenvalue weighted by Crippen LogP contribution is 2.05. The van der Waals surface area contributed by atoms with Gasteiger partial charge < -0.3 is 4.79 Å². The third-order valence-electron chi connectivity index (χ3n) is 1.61. The maximum Gasteiger partial charge on any atom is 0.120 e. The summed E-state index contributed by atoms with van der Waals surface area (Å²) in [6, 6.07) is 9.37. The Balaban J connectivity index is 0.000000487. The summed E-state index contributed by atoms with van der Waals surface area (Å²) in [6.45, 7) is 6.50. The van der Waals surface area contributed by atoms with Crippen molar-refractivity contribution >= 4 is 6.29 Å². The molecule has 0 bridgehead atoms. The van der Waals surface area contributed by atoms with Crippen molar-refractivity contribution in [2.45, 2.75) is 33.6 Å². The summed E-state index contributed by atoms with van der Waals surface area (Å²) in [5, 5.41) is 8.57. The van der Waals surface area contributed by atoms with Gasteiger partial charge in [0, 0.05) is 6.42 Å². The van der Waals surface area contributed by atoms with Crippen LogP contribution in [0.3, 0.4) is 0 Å². The van der Waals surface area contributed by atoms with Crippen molar-refractivity contribution in [3.05, 3.63) is 35.4 Å². The van der Waals surface area contributed by atoms with Gasteiger partial charge in [0.1, 0.15) is 6.29 Å². The van der Waals surface area contributed by atoms with Crippen molar-refractivity contribution in [1.29, 1.82) is 5.26 Å². The lowest BCUT2D eigenvalue weighted by Gasteiger charge is -1.96. The molecule has 0 unspecified atom stereocenters. The molecular formula is C14H19NO. The molecule has 86 valence electrons. The molecular weight excluding hydrogens is 198 g/mol. The van der Waals surface area contributed by atoms with Crippen LogP contribution in [-0.4, -0.2) is 6.29 Å². The first-order valence-electron chi connectivity index (χ1n) is 5.52. The molecule has 0 spiro atoms. The lowest BCUT2D eigenvalue weighted by atomic mass is 10.1. The van der Waals surface area contributed by atoms with Crippen molar-refractivity contribution in [3.63, 3.8) is 0 Å². The number of hydrogen-bond acceptors (Lipinski definition) is 2. The molecule has 1 aromatic rings. The molecule has 2 nitrogen and oxygen atoms in total. The summed E-state index contributed by atoms with van der Waals surface area (Å²) in [5.41, 5.74) is 1.69. The Labute approximate surface area is 97.9 Å². The van der Waals surface area contributed by atoms with Crippen LogP contribution in [0.5, 0.6) is 0 Å². The number of carbonyl (C=O) groups is 1. The van der Waals surface area contributed by atoms with Crippen LogP contribution >= 0.6 is 0 Å². The van der Waals surface area contributed by atoms with Gasteiger partial charge in [0.2, 0.25) is 0 Å². The SMILES string of the molecule is CC(C)C.N#Cc1cccc(CCC=O)c1. The summed E-state index contributed by atoms with van der Waals surface area (Å²) in [4.78, 5) is 10.1. The average molecular weight is 217 g/mol. The van der Waals surface area contributed by atoms with Crippen LogP contribution < -0.4 is 0 Å². The number of hydrogen-bond donors (Lipinski definition) is 0. The summed E-state index contributed by atoms with van der Waals surface area (Å²) in [7, 11) is 0. The lowest BCUT2D eigenvalue weighted by Crippen LogP contribution is -1.86. The first kappa shape index (κ1) is 14.4. The molecule has 0 aliphatic rings. The quantitative estimate of drug-likeness (QED) is 0.728. The topological polar surface area (TPSA) is 40.9 Å². The highest BCUT2D eigenvalue weighted by molar-refractivity contribution is 5.50. The normalized spacial score (nSPS) is 8.94. The van der Waals surface area contributed by atoms with E-state index in [-0.39, 0.29) is 0 Å². The van der Waals surface area contributed by atoms with Gasteiger partial charge in [-0.2, -0.15) is 5.26 Å². The van der Waals surface area contributed by atoms with Gasteiger partial charge in [-0.25, -0.2) is 0 Å². The Morgan fingerprint density at radius 2 is 2.00 bits per heavy atom. The Hall–Kier alpha value is -1.62. The maximum absolute atomic E-state index is 10.1. The second kappa shape index (κ2) is 8.67. The van der Waals surface area contributed by atoms with E-state index in [0.717, 1.165) is 24.2 Å². The molecule has 0 aromatic heterocycles. The largest absolute Gasteiger partial charge is 0.303 e. The van der Waals surface area contributed by atoms with E-state index in [1.165, 1.54) is 0 Å². The van der Waals surface area contributed by atoms with Gasteiger partial charge in [-0.15, -0.1) is 0 Å². The molecule has 0 heterocycles. The Kier molecular flexibility index (Phi) is 7.79. The van der Waals surface area contributed by atoms with Gasteiger partial charge >= 0.3 is 0 Å². The molecule has 0 radical (unpaired) electrons. The minimum atomic E-state index is 0.523. The molecule has 0 saturated heterocycles. The van der Waals surface area contributed by atoms with Crippen LogP contribution in [-0.2, 0) is 11.2 Å². The molecule has 0 amide bonds. The summed E-state index contributed by atoms with van der Waals surface area (Å²) >= 11 is 0. The van der Waals surface area contributed by atoms with E-state index in [0.29, 0.717) is 12.0 Å². The van der Waals surface area contributed by atoms with E-state index in [4.69, 9.17) is 5.26 Å². The van der Waals surface area contributed by atoms with Crippen molar-refractivity contribution in [1.82, 2.24) is 0 Å². The zero-order chi connectivity index (χ0) is 12.4. The zero-order valence-corrected chi connectivity index (χ0v) is 10.2. The second-order valence-corrected chi connectivity index (χ2v) is 4.25. The first-order valence-corrected chi connectivity index (χ1v) is 5.52. The molecule has 2 heteroatoms. The van der Waals surface area contributed by atoms with Crippen LogP contribution in [0.4, 0.5) is 0 Å². The molecule has 0 N–H and O–H groups in total. The van der Waals surface area contributed by atoms with Gasteiger partial charge in [-0.3, -0.25) is 0 Å². The molecule has 16 heavy (non-hydrogen) atoms. The van der Waals surface area contributed by atoms with Crippen LogP contribution in [0, 0.1) is 17.2 Å². The number of nitrogens with zero attached hydrogens (tertiary/aromatic N) is 1. The summed E-state index contributed by atoms with van der Waals surface area (Å²) in [5.74, 6) is 0.833. The monoisotopic (exact) mass is 217 g/mol. The van der Waals surface area contributed by atoms with Crippen molar-refractivity contribution in [2.75, 3.05) is 0 Å². The Morgan fingerprint density at radius 1 is 1.38 bits per heavy atom. The highest BCUT2D eigenvalue weighted by Gasteiger charge is 1.93. The predicted molar refractivity (Wildman–Crippen MR) is 66.1 cm³/mol. The molecule has 0 aliphatic heterocycles. The van der Waals surface area contributed by atoms with E-state index in [1.807, 2.05) is 18.2 Å². The Morgan fingerprint density at radius 3 is 2.50 bits per heavy atom. The maximum atomic E-state index is 10.1. The fourth-order valence-corrected chi connectivity index (χ4v) is 1.02. The lowest BCUT2D eigenvalue weighted by molar-refractivity contribution is -0.107. The molecule has 0 aliphatic carbocycles. The summed E-state index contributed by atoms with van der Waals surface area (Å²) < 4.78 is 0. The molecule has 0 saturated carbocycles. The van der Waals surface area contributed by atoms with E-state index in [9.17, 15) is 4.79 Å². The number of benzene rings is 1. The number of carbonyl (C=O) groups excluding carboxylic acids is 1. The fraction of sp³-hybridized carbons (Fsp3) is 0.429. The van der Waals surface area contributed by atoms with Gasteiger partial charge in [-0.05, 0) is 30.0 Å². The van der Waals surface area contributed by atoms with Crippen molar-refractivity contribution in [2.24, 2.45) is 5.92 Å². The average Bonchev–Trinajstić information content (AvgIpc) is 2.26. The predicted octanol–water partition coefficient (Wildman–Crippen LogP) is 3.35. The van der Waals surface area contributed by atoms with Crippen LogP contribution in [0.1, 0.15) is 38.3 Å². The van der Waals surface area contributed by atoms with Crippen LogP contribution in [0.2, 0.25) is 0 Å². The number of aryl methyl sites for hydroxylation is 1.